The molecule has 0 N–H and O–H groups in total. The third-order valence-electron chi connectivity index (χ3n) is 2.53. The number of unbranched alkanes of at least 4 members (excludes halogenated alkanes) is 1. The van der Waals surface area contributed by atoms with Crippen molar-refractivity contribution in [2.75, 3.05) is 0 Å². The second-order valence-corrected chi connectivity index (χ2v) is 3.86. The van der Waals surface area contributed by atoms with E-state index in [1.807, 2.05) is 13.8 Å². The Balaban J connectivity index is 3.86. The van der Waals surface area contributed by atoms with Crippen LogP contribution in [-0.4, -0.2) is 12.1 Å². The molecular weight excluding hydrogens is 152 g/mol. The Labute approximate surface area is 75.3 Å². The van der Waals surface area contributed by atoms with Gasteiger partial charge in [-0.3, -0.25) is 4.79 Å². The summed E-state index contributed by atoms with van der Waals surface area (Å²) >= 11 is 0. The van der Waals surface area contributed by atoms with Gasteiger partial charge in [0.2, 0.25) is 0 Å². The van der Waals surface area contributed by atoms with E-state index in [9.17, 15) is 4.79 Å². The van der Waals surface area contributed by atoms with Crippen LogP contribution in [0.25, 0.3) is 0 Å². The minimum atomic E-state index is -0.309. The van der Waals surface area contributed by atoms with Gasteiger partial charge in [-0.25, -0.2) is 0 Å². The van der Waals surface area contributed by atoms with Crippen LogP contribution in [0.5, 0.6) is 0 Å². The van der Waals surface area contributed by atoms with E-state index in [1.54, 1.807) is 0 Å². The Hall–Kier alpha value is -0.530. The van der Waals surface area contributed by atoms with Gasteiger partial charge in [0.1, 0.15) is 5.60 Å². The van der Waals surface area contributed by atoms with Crippen molar-refractivity contribution < 1.29 is 9.53 Å². The van der Waals surface area contributed by atoms with Crippen molar-refractivity contribution in [3.63, 3.8) is 0 Å². The van der Waals surface area contributed by atoms with Gasteiger partial charge >= 0.3 is 0 Å². The average Bonchev–Trinajstić information content (AvgIpc) is 2.00. The van der Waals surface area contributed by atoms with E-state index >= 15 is 0 Å². The van der Waals surface area contributed by atoms with Gasteiger partial charge in [0.25, 0.3) is 6.47 Å². The lowest BCUT2D eigenvalue weighted by molar-refractivity contribution is -0.145. The molecule has 0 aliphatic rings. The van der Waals surface area contributed by atoms with E-state index in [0.717, 1.165) is 6.42 Å². The minimum Gasteiger partial charge on any atom is -0.462 e. The molecule has 0 amide bonds. The Morgan fingerprint density at radius 2 is 2.08 bits per heavy atom. The first kappa shape index (κ1) is 11.5. The third kappa shape index (κ3) is 3.74. The summed E-state index contributed by atoms with van der Waals surface area (Å²) in [6.07, 6.45) is 3.52. The summed E-state index contributed by atoms with van der Waals surface area (Å²) in [5.41, 5.74) is -0.309. The summed E-state index contributed by atoms with van der Waals surface area (Å²) in [5.74, 6) is 0.433. The summed E-state index contributed by atoms with van der Waals surface area (Å²) in [6.45, 7) is 8.76. The van der Waals surface area contributed by atoms with E-state index in [-0.39, 0.29) is 5.60 Å². The maximum atomic E-state index is 10.2. The molecular formula is C10H20O2. The van der Waals surface area contributed by atoms with Gasteiger partial charge in [-0.2, -0.15) is 0 Å². The fourth-order valence-electron chi connectivity index (χ4n) is 1.10. The molecule has 0 saturated carbocycles. The van der Waals surface area contributed by atoms with Gasteiger partial charge in [0, 0.05) is 0 Å². The smallest absolute Gasteiger partial charge is 0.293 e. The van der Waals surface area contributed by atoms with Gasteiger partial charge in [0.05, 0.1) is 0 Å². The molecule has 2 nitrogen and oxygen atoms in total. The quantitative estimate of drug-likeness (QED) is 0.576. The predicted molar refractivity (Wildman–Crippen MR) is 49.9 cm³/mol. The highest BCUT2D eigenvalue weighted by atomic mass is 16.5. The highest BCUT2D eigenvalue weighted by Gasteiger charge is 2.26. The minimum absolute atomic E-state index is 0.309. The molecule has 0 aliphatic heterocycles. The van der Waals surface area contributed by atoms with E-state index in [0.29, 0.717) is 12.4 Å². The van der Waals surface area contributed by atoms with Crippen molar-refractivity contribution in [1.82, 2.24) is 0 Å². The molecule has 0 radical (unpaired) electrons. The van der Waals surface area contributed by atoms with Crippen molar-refractivity contribution >= 4 is 6.47 Å². The fourth-order valence-corrected chi connectivity index (χ4v) is 1.10. The van der Waals surface area contributed by atoms with Crippen molar-refractivity contribution in [3.8, 4) is 0 Å². The summed E-state index contributed by atoms with van der Waals surface area (Å²) in [6, 6.07) is 0. The molecule has 0 spiro atoms. The number of hydrogen-bond donors (Lipinski definition) is 0. The zero-order chi connectivity index (χ0) is 9.61. The first-order valence-corrected chi connectivity index (χ1v) is 4.66. The molecule has 12 heavy (non-hydrogen) atoms. The number of rotatable bonds is 6. The van der Waals surface area contributed by atoms with Gasteiger partial charge in [-0.15, -0.1) is 0 Å². The van der Waals surface area contributed by atoms with Crippen LogP contribution >= 0.6 is 0 Å². The lowest BCUT2D eigenvalue weighted by atomic mass is 9.88. The molecule has 2 heteroatoms. The number of ether oxygens (including phenoxy) is 1. The predicted octanol–water partition coefficient (Wildman–Crippen LogP) is 2.76. The molecule has 72 valence electrons. The van der Waals surface area contributed by atoms with Gasteiger partial charge in [-0.1, -0.05) is 26.7 Å². The lowest BCUT2D eigenvalue weighted by Crippen LogP contribution is -2.32. The monoisotopic (exact) mass is 172 g/mol. The maximum Gasteiger partial charge on any atom is 0.293 e. The second-order valence-electron chi connectivity index (χ2n) is 3.86. The summed E-state index contributed by atoms with van der Waals surface area (Å²) in [7, 11) is 0. The average molecular weight is 172 g/mol. The van der Waals surface area contributed by atoms with E-state index in [2.05, 4.69) is 13.8 Å². The number of carbonyl (C=O) groups is 1. The zero-order valence-electron chi connectivity index (χ0n) is 8.59. The Bertz CT molecular complexity index is 130. The van der Waals surface area contributed by atoms with Crippen LogP contribution in [0.3, 0.4) is 0 Å². The molecule has 0 fully saturated rings. The van der Waals surface area contributed by atoms with Crippen molar-refractivity contribution in [3.05, 3.63) is 0 Å². The molecule has 0 aromatic rings. The summed E-state index contributed by atoms with van der Waals surface area (Å²) in [4.78, 5) is 10.2. The number of hydrogen-bond acceptors (Lipinski definition) is 2. The Kier molecular flexibility index (Phi) is 4.95. The van der Waals surface area contributed by atoms with Gasteiger partial charge < -0.3 is 4.74 Å². The van der Waals surface area contributed by atoms with E-state index < -0.39 is 0 Å². The lowest BCUT2D eigenvalue weighted by Gasteiger charge is -2.29. The molecule has 0 aromatic heterocycles. The van der Waals surface area contributed by atoms with E-state index in [1.165, 1.54) is 12.8 Å². The van der Waals surface area contributed by atoms with Crippen LogP contribution in [0.2, 0.25) is 0 Å². The maximum absolute atomic E-state index is 10.2. The van der Waals surface area contributed by atoms with Gasteiger partial charge in [0.15, 0.2) is 0 Å². The van der Waals surface area contributed by atoms with Crippen molar-refractivity contribution in [1.29, 1.82) is 0 Å². The van der Waals surface area contributed by atoms with Crippen LogP contribution in [0, 0.1) is 5.92 Å². The Morgan fingerprint density at radius 1 is 1.50 bits per heavy atom. The standard InChI is InChI=1S/C10H20O2/c1-5-6-7-9(2)10(3,4)12-8-11/h8-9H,5-7H2,1-4H3. The van der Waals surface area contributed by atoms with Crippen LogP contribution in [0.1, 0.15) is 47.0 Å². The van der Waals surface area contributed by atoms with Crippen molar-refractivity contribution in [2.45, 2.75) is 52.6 Å². The van der Waals surface area contributed by atoms with Crippen LogP contribution in [0.15, 0.2) is 0 Å². The molecule has 0 heterocycles. The number of carbonyl (C=O) groups excluding carboxylic acids is 1. The topological polar surface area (TPSA) is 26.3 Å². The highest BCUT2D eigenvalue weighted by molar-refractivity contribution is 5.38. The SMILES string of the molecule is CCCCC(C)C(C)(C)OC=O. The first-order chi connectivity index (χ1) is 5.54. The molecule has 0 bridgehead atoms. The molecule has 0 saturated heterocycles. The van der Waals surface area contributed by atoms with Gasteiger partial charge in [-0.05, 0) is 26.2 Å². The summed E-state index contributed by atoms with van der Waals surface area (Å²) in [5, 5.41) is 0. The molecule has 1 atom stereocenters. The molecule has 0 aliphatic carbocycles. The molecule has 0 rings (SSSR count). The third-order valence-corrected chi connectivity index (χ3v) is 2.53. The van der Waals surface area contributed by atoms with Crippen LogP contribution in [-0.2, 0) is 9.53 Å². The van der Waals surface area contributed by atoms with E-state index in [4.69, 9.17) is 4.74 Å². The summed E-state index contributed by atoms with van der Waals surface area (Å²) < 4.78 is 5.01. The van der Waals surface area contributed by atoms with Crippen molar-refractivity contribution in [2.24, 2.45) is 5.92 Å². The fraction of sp³-hybridized carbons (Fsp3) is 0.900. The van der Waals surface area contributed by atoms with Crippen LogP contribution in [0.4, 0.5) is 0 Å². The Morgan fingerprint density at radius 3 is 2.50 bits per heavy atom. The zero-order valence-corrected chi connectivity index (χ0v) is 8.59. The molecule has 0 aromatic carbocycles. The largest absolute Gasteiger partial charge is 0.462 e. The highest BCUT2D eigenvalue weighted by Crippen LogP contribution is 2.24. The van der Waals surface area contributed by atoms with Crippen LogP contribution < -0.4 is 0 Å². The molecule has 1 unspecified atom stereocenters. The second kappa shape index (κ2) is 5.18. The normalized spacial score (nSPS) is 14.0. The first-order valence-electron chi connectivity index (χ1n) is 4.66.